The molecule has 1 unspecified atom stereocenters. The number of hydrogen-bond acceptors (Lipinski definition) is 4. The Morgan fingerprint density at radius 1 is 1.14 bits per heavy atom. The third-order valence-corrected chi connectivity index (χ3v) is 5.08. The first-order valence-electron chi connectivity index (χ1n) is 9.23. The molecule has 146 valence electrons. The maximum Gasteiger partial charge on any atom is 0.325 e. The van der Waals surface area contributed by atoms with Crippen LogP contribution in [0.2, 0.25) is 0 Å². The van der Waals surface area contributed by atoms with Crippen molar-refractivity contribution in [1.82, 2.24) is 15.2 Å². The van der Waals surface area contributed by atoms with E-state index in [-0.39, 0.29) is 6.54 Å². The minimum atomic E-state index is -1.20. The van der Waals surface area contributed by atoms with E-state index in [0.29, 0.717) is 11.3 Å². The molecule has 29 heavy (non-hydrogen) atoms. The molecule has 4 amide bonds. The van der Waals surface area contributed by atoms with Gasteiger partial charge >= 0.3 is 6.03 Å². The molecule has 3 aromatic rings. The fourth-order valence-corrected chi connectivity index (χ4v) is 3.41. The molecule has 2 N–H and O–H groups in total. The molecular weight excluding hydrogens is 368 g/mol. The smallest absolute Gasteiger partial charge is 0.323 e. The van der Waals surface area contributed by atoms with Crippen LogP contribution in [0.15, 0.2) is 60.8 Å². The number of benzene rings is 2. The van der Waals surface area contributed by atoms with E-state index in [2.05, 4.69) is 15.6 Å². The molecule has 0 saturated carbocycles. The van der Waals surface area contributed by atoms with E-state index in [1.165, 1.54) is 0 Å². The summed E-state index contributed by atoms with van der Waals surface area (Å²) in [5.41, 5.74) is 1.84. The van der Waals surface area contributed by atoms with E-state index in [1.54, 1.807) is 31.3 Å². The number of nitrogens with one attached hydrogen (secondary N) is 2. The second kappa shape index (κ2) is 7.01. The van der Waals surface area contributed by atoms with E-state index < -0.39 is 23.4 Å². The highest BCUT2D eigenvalue weighted by Gasteiger charge is 2.49. The highest BCUT2D eigenvalue weighted by molar-refractivity contribution is 6.10. The SMILES string of the molecule is Cc1ccc(C2(C)NC(=O)N(CC(=O)Nc3cnc4ccccc4c3)C2=O)cc1. The molecule has 1 atom stereocenters. The lowest BCUT2D eigenvalue weighted by Gasteiger charge is -2.22. The van der Waals surface area contributed by atoms with Crippen LogP contribution in [0.4, 0.5) is 10.5 Å². The highest BCUT2D eigenvalue weighted by atomic mass is 16.2. The fraction of sp³-hybridized carbons (Fsp3) is 0.182. The zero-order valence-corrected chi connectivity index (χ0v) is 16.1. The number of aromatic nitrogens is 1. The third-order valence-electron chi connectivity index (χ3n) is 5.08. The minimum absolute atomic E-state index is 0.376. The molecule has 1 aliphatic heterocycles. The van der Waals surface area contributed by atoms with Gasteiger partial charge in [0, 0.05) is 5.39 Å². The Morgan fingerprint density at radius 2 is 1.86 bits per heavy atom. The summed E-state index contributed by atoms with van der Waals surface area (Å²) in [6.07, 6.45) is 1.54. The Morgan fingerprint density at radius 3 is 2.62 bits per heavy atom. The van der Waals surface area contributed by atoms with Gasteiger partial charge in [0.2, 0.25) is 5.91 Å². The van der Waals surface area contributed by atoms with Crippen molar-refractivity contribution in [3.05, 3.63) is 71.9 Å². The monoisotopic (exact) mass is 388 g/mol. The van der Waals surface area contributed by atoms with Gasteiger partial charge < -0.3 is 10.6 Å². The lowest BCUT2D eigenvalue weighted by Crippen LogP contribution is -2.42. The molecule has 1 fully saturated rings. The van der Waals surface area contributed by atoms with Crippen LogP contribution < -0.4 is 10.6 Å². The quantitative estimate of drug-likeness (QED) is 0.672. The molecule has 1 aliphatic rings. The summed E-state index contributed by atoms with van der Waals surface area (Å²) in [6, 6.07) is 16.1. The number of carbonyl (C=O) groups is 3. The number of anilines is 1. The highest BCUT2D eigenvalue weighted by Crippen LogP contribution is 2.29. The molecule has 7 nitrogen and oxygen atoms in total. The largest absolute Gasteiger partial charge is 0.325 e. The van der Waals surface area contributed by atoms with Crippen LogP contribution in [0.1, 0.15) is 18.1 Å². The van der Waals surface area contributed by atoms with Crippen LogP contribution in [0.3, 0.4) is 0 Å². The van der Waals surface area contributed by atoms with Crippen LogP contribution in [-0.2, 0) is 15.1 Å². The number of amides is 4. The Kier molecular flexibility index (Phi) is 4.50. The predicted molar refractivity (Wildman–Crippen MR) is 109 cm³/mol. The van der Waals surface area contributed by atoms with Crippen molar-refractivity contribution in [1.29, 1.82) is 0 Å². The number of aryl methyl sites for hydroxylation is 1. The molecule has 2 aromatic carbocycles. The molecule has 1 aromatic heterocycles. The summed E-state index contributed by atoms with van der Waals surface area (Å²) in [7, 11) is 0. The summed E-state index contributed by atoms with van der Waals surface area (Å²) < 4.78 is 0. The number of nitrogens with zero attached hydrogens (tertiary/aromatic N) is 2. The summed E-state index contributed by atoms with van der Waals surface area (Å²) in [6.45, 7) is 3.21. The second-order valence-electron chi connectivity index (χ2n) is 7.28. The van der Waals surface area contributed by atoms with Gasteiger partial charge in [-0.25, -0.2) is 4.79 Å². The Balaban J connectivity index is 1.49. The van der Waals surface area contributed by atoms with Gasteiger partial charge in [-0.15, -0.1) is 0 Å². The van der Waals surface area contributed by atoms with Crippen molar-refractivity contribution in [2.45, 2.75) is 19.4 Å². The standard InChI is InChI=1S/C22H20N4O3/c1-14-7-9-16(10-8-14)22(2)20(28)26(21(29)25-22)13-19(27)24-17-11-15-5-3-4-6-18(15)23-12-17/h3-12H,13H2,1-2H3,(H,24,27)(H,25,29). The van der Waals surface area contributed by atoms with Crippen LogP contribution in [0.5, 0.6) is 0 Å². The van der Waals surface area contributed by atoms with E-state index >= 15 is 0 Å². The van der Waals surface area contributed by atoms with Crippen molar-refractivity contribution in [2.75, 3.05) is 11.9 Å². The van der Waals surface area contributed by atoms with Crippen LogP contribution >= 0.6 is 0 Å². The number of para-hydroxylation sites is 1. The lowest BCUT2D eigenvalue weighted by molar-refractivity contribution is -0.133. The maximum absolute atomic E-state index is 12.9. The zero-order valence-electron chi connectivity index (χ0n) is 16.1. The normalized spacial score (nSPS) is 18.8. The Hall–Kier alpha value is -3.74. The molecule has 0 radical (unpaired) electrons. The Labute approximate surface area is 167 Å². The first-order chi connectivity index (χ1) is 13.9. The number of pyridine rings is 1. The van der Waals surface area contributed by atoms with Gasteiger partial charge in [-0.2, -0.15) is 0 Å². The topological polar surface area (TPSA) is 91.4 Å². The number of carbonyl (C=O) groups excluding carboxylic acids is 3. The second-order valence-corrected chi connectivity index (χ2v) is 7.28. The first-order valence-corrected chi connectivity index (χ1v) is 9.23. The first kappa shape index (κ1) is 18.6. The van der Waals surface area contributed by atoms with E-state index in [4.69, 9.17) is 0 Å². The predicted octanol–water partition coefficient (Wildman–Crippen LogP) is 2.95. The number of hydrogen-bond donors (Lipinski definition) is 2. The minimum Gasteiger partial charge on any atom is -0.323 e. The van der Waals surface area contributed by atoms with Gasteiger partial charge in [0.15, 0.2) is 0 Å². The van der Waals surface area contributed by atoms with Crippen molar-refractivity contribution in [3.63, 3.8) is 0 Å². The van der Waals surface area contributed by atoms with Crippen molar-refractivity contribution in [2.24, 2.45) is 0 Å². The summed E-state index contributed by atoms with van der Waals surface area (Å²) >= 11 is 0. The van der Waals surface area contributed by atoms with E-state index in [0.717, 1.165) is 21.4 Å². The summed E-state index contributed by atoms with van der Waals surface area (Å²) in [4.78, 5) is 43.0. The number of urea groups is 1. The van der Waals surface area contributed by atoms with Gasteiger partial charge in [0.1, 0.15) is 12.1 Å². The van der Waals surface area contributed by atoms with Gasteiger partial charge in [0.25, 0.3) is 5.91 Å². The molecule has 7 heteroatoms. The van der Waals surface area contributed by atoms with Crippen molar-refractivity contribution in [3.8, 4) is 0 Å². The average molecular weight is 388 g/mol. The number of rotatable bonds is 4. The van der Waals surface area contributed by atoms with Crippen LogP contribution in [-0.4, -0.2) is 34.3 Å². The number of fused-ring (bicyclic) bond motifs is 1. The molecule has 0 aliphatic carbocycles. The fourth-order valence-electron chi connectivity index (χ4n) is 3.41. The average Bonchev–Trinajstić information content (AvgIpc) is 2.92. The van der Waals surface area contributed by atoms with Gasteiger partial charge in [-0.3, -0.25) is 19.5 Å². The van der Waals surface area contributed by atoms with Gasteiger partial charge in [-0.05, 0) is 31.5 Å². The van der Waals surface area contributed by atoms with Crippen LogP contribution in [0.25, 0.3) is 10.9 Å². The van der Waals surface area contributed by atoms with Gasteiger partial charge in [0.05, 0.1) is 17.4 Å². The van der Waals surface area contributed by atoms with Crippen LogP contribution in [0, 0.1) is 6.92 Å². The molecule has 0 bridgehead atoms. The summed E-state index contributed by atoms with van der Waals surface area (Å²) in [5.74, 6) is -0.933. The molecular formula is C22H20N4O3. The zero-order chi connectivity index (χ0) is 20.6. The molecule has 0 spiro atoms. The third kappa shape index (κ3) is 3.42. The van der Waals surface area contributed by atoms with Crippen molar-refractivity contribution < 1.29 is 14.4 Å². The lowest BCUT2D eigenvalue weighted by atomic mass is 9.91. The molecule has 2 heterocycles. The van der Waals surface area contributed by atoms with E-state index in [9.17, 15) is 14.4 Å². The van der Waals surface area contributed by atoms with E-state index in [1.807, 2.05) is 43.3 Å². The van der Waals surface area contributed by atoms with Crippen molar-refractivity contribution >= 4 is 34.4 Å². The Bertz CT molecular complexity index is 1130. The summed E-state index contributed by atoms with van der Waals surface area (Å²) in [5, 5.41) is 6.29. The molecule has 1 saturated heterocycles. The molecule has 4 rings (SSSR count). The maximum atomic E-state index is 12.9. The van der Waals surface area contributed by atoms with Gasteiger partial charge in [-0.1, -0.05) is 48.0 Å². The number of imide groups is 1.